The van der Waals surface area contributed by atoms with E-state index in [-0.39, 0.29) is 30.7 Å². The Bertz CT molecular complexity index is 316. The average Bonchev–Trinajstić information content (AvgIpc) is 3.29. The molecule has 0 saturated heterocycles. The van der Waals surface area contributed by atoms with E-state index >= 15 is 0 Å². The smallest absolute Gasteiger partial charge is 0.0312 e. The minimum absolute atomic E-state index is 0. The molecule has 0 aliphatic heterocycles. The van der Waals surface area contributed by atoms with Crippen molar-refractivity contribution < 1.29 is 40.8 Å². The molecule has 0 heterocycles. The molecule has 0 atom stereocenters. The molecule has 0 amide bonds. The molecule has 2 aliphatic rings. The van der Waals surface area contributed by atoms with Crippen molar-refractivity contribution in [3.8, 4) is 0 Å². The van der Waals surface area contributed by atoms with E-state index in [9.17, 15) is 9.59 Å². The summed E-state index contributed by atoms with van der Waals surface area (Å²) >= 11 is 4.83. The van der Waals surface area contributed by atoms with Crippen molar-refractivity contribution in [2.45, 2.75) is 0 Å². The Morgan fingerprint density at radius 1 is 0.609 bits per heavy atom. The van der Waals surface area contributed by atoms with Crippen molar-refractivity contribution in [2.24, 2.45) is 0 Å². The largest absolute Gasteiger partial charge is 2.00 e. The number of carbonyl (C=O) groups is 2. The van der Waals surface area contributed by atoms with Gasteiger partial charge in [-0.05, 0) is 64.2 Å². The van der Waals surface area contributed by atoms with E-state index in [4.69, 9.17) is 0 Å². The maximum absolute atomic E-state index is 10.8. The second-order valence-electron chi connectivity index (χ2n) is 3.57. The summed E-state index contributed by atoms with van der Waals surface area (Å²) < 4.78 is 8.92. The maximum atomic E-state index is 10.8. The fourth-order valence-corrected chi connectivity index (χ4v) is 1.71. The van der Waals surface area contributed by atoms with Gasteiger partial charge in [-0.15, -0.1) is 0 Å². The number of hydrogen-bond acceptors (Lipinski definition) is 4. The predicted octanol–water partition coefficient (Wildman–Crippen LogP) is 0.921. The Labute approximate surface area is 171 Å². The first-order valence-corrected chi connectivity index (χ1v) is 7.84. The van der Waals surface area contributed by atoms with Crippen LogP contribution in [-0.2, 0) is 40.8 Å². The van der Waals surface area contributed by atoms with Crippen LogP contribution < -0.4 is 0 Å². The standard InChI is InChI=1S/C6H6O4Se2.2C5H5.Ti/c1-9-5(7)3(11)4(12)6(8)10-2;2*1-2-4-5-3-1;/h1-2H3;2*1-5H;/q;;;+2/b4-3-;;;. The summed E-state index contributed by atoms with van der Waals surface area (Å²) in [4.78, 5) is 21.7. The molecule has 0 spiro atoms. The van der Waals surface area contributed by atoms with Crippen molar-refractivity contribution in [3.05, 3.63) is 73.2 Å². The van der Waals surface area contributed by atoms with Gasteiger partial charge in [0.15, 0.2) is 0 Å². The van der Waals surface area contributed by atoms with E-state index < -0.39 is 11.9 Å². The molecular weight excluding hydrogens is 462 g/mol. The first kappa shape index (κ1) is 25.7. The number of hydrogen-bond donors (Lipinski definition) is 0. The van der Waals surface area contributed by atoms with Crippen LogP contribution in [-0.4, -0.2) is 58.2 Å². The zero-order valence-electron chi connectivity index (χ0n) is 12.7. The van der Waals surface area contributed by atoms with Gasteiger partial charge >= 0.3 is 108 Å². The van der Waals surface area contributed by atoms with Crippen LogP contribution in [0.25, 0.3) is 0 Å². The molecule has 2 fully saturated rings. The van der Waals surface area contributed by atoms with Gasteiger partial charge in [0, 0.05) is 0 Å². The third-order valence-corrected chi connectivity index (χ3v) is 4.27. The summed E-state index contributed by atoms with van der Waals surface area (Å²) in [5.74, 6) is -1.21. The molecule has 0 aromatic rings. The molecule has 4 nitrogen and oxygen atoms in total. The van der Waals surface area contributed by atoms with E-state index in [0.29, 0.717) is 0 Å². The third-order valence-electron chi connectivity index (χ3n) is 2.06. The summed E-state index contributed by atoms with van der Waals surface area (Å²) in [6.07, 6.45) is 20.0. The summed E-state index contributed by atoms with van der Waals surface area (Å²) in [6, 6.07) is 0. The summed E-state index contributed by atoms with van der Waals surface area (Å²) in [7, 11) is 2.45. The zero-order chi connectivity index (χ0) is 16.8. The first-order chi connectivity index (χ1) is 10.5. The Morgan fingerprint density at radius 3 is 0.913 bits per heavy atom. The van der Waals surface area contributed by atoms with E-state index in [1.54, 1.807) is 0 Å². The molecule has 0 aromatic carbocycles. The average molecular weight is 478 g/mol. The van der Waals surface area contributed by atoms with E-state index in [0.717, 1.165) is 0 Å². The number of carbonyl (C=O) groups excluding carboxylic acids is 2. The number of methoxy groups -OCH3 is 2. The Morgan fingerprint density at radius 2 is 0.783 bits per heavy atom. The Balaban J connectivity index is 0. The molecule has 12 radical (unpaired) electrons. The van der Waals surface area contributed by atoms with Gasteiger partial charge in [-0.25, -0.2) is 0 Å². The number of rotatable bonds is 2. The van der Waals surface area contributed by atoms with Gasteiger partial charge in [0.05, 0.1) is 0 Å². The molecule has 23 heavy (non-hydrogen) atoms. The molecule has 0 N–H and O–H groups in total. The molecule has 2 saturated carbocycles. The van der Waals surface area contributed by atoms with Gasteiger partial charge in [0.25, 0.3) is 0 Å². The van der Waals surface area contributed by atoms with Crippen LogP contribution in [0.15, 0.2) is 8.94 Å². The summed E-state index contributed by atoms with van der Waals surface area (Å²) in [6.45, 7) is 0. The van der Waals surface area contributed by atoms with E-state index in [1.807, 2.05) is 64.2 Å². The minimum atomic E-state index is -0.603. The molecule has 2 rings (SSSR count). The maximum Gasteiger partial charge on any atom is 2.00 e. The van der Waals surface area contributed by atoms with Gasteiger partial charge in [-0.3, -0.25) is 0 Å². The van der Waals surface area contributed by atoms with Gasteiger partial charge in [0.1, 0.15) is 0 Å². The second-order valence-corrected chi connectivity index (χ2v) is 5.28. The summed E-state index contributed by atoms with van der Waals surface area (Å²) in [5.41, 5.74) is 0. The predicted molar refractivity (Wildman–Crippen MR) is 85.6 cm³/mol. The SMILES string of the molecule is COC(=O)/C([Se])=C(/[Se])C(=O)OC.[CH]1[CH][CH][CH][CH]1.[CH]1[CH][CH][CH][CH]1.[Ti+2]. The van der Waals surface area contributed by atoms with E-state index in [2.05, 4.69) is 41.5 Å². The van der Waals surface area contributed by atoms with Crippen LogP contribution in [0.5, 0.6) is 0 Å². The van der Waals surface area contributed by atoms with Crippen molar-refractivity contribution in [2.75, 3.05) is 14.2 Å². The molecule has 0 aromatic heterocycles. The number of esters is 2. The Hall–Kier alpha value is 0.433. The van der Waals surface area contributed by atoms with Crippen LogP contribution in [0.3, 0.4) is 0 Å². The van der Waals surface area contributed by atoms with Gasteiger partial charge in [0.2, 0.25) is 0 Å². The van der Waals surface area contributed by atoms with Crippen molar-refractivity contribution >= 4 is 44.0 Å². The monoisotopic (exact) mass is 480 g/mol. The van der Waals surface area contributed by atoms with E-state index in [1.165, 1.54) is 14.2 Å². The van der Waals surface area contributed by atoms with Crippen molar-refractivity contribution in [1.82, 2.24) is 0 Å². The van der Waals surface area contributed by atoms with Gasteiger partial charge in [-0.1, -0.05) is 0 Å². The molecule has 0 bridgehead atoms. The van der Waals surface area contributed by atoms with Crippen LogP contribution in [0.2, 0.25) is 0 Å². The third kappa shape index (κ3) is 13.4. The molecule has 0 unspecified atom stereocenters. The molecule has 118 valence electrons. The Kier molecular flexibility index (Phi) is 19.3. The summed E-state index contributed by atoms with van der Waals surface area (Å²) in [5, 5.41) is 0. The topological polar surface area (TPSA) is 52.6 Å². The molecule has 7 heteroatoms. The quantitative estimate of drug-likeness (QED) is 0.337. The number of ether oxygens (including phenoxy) is 2. The molecular formula is C16H16O4Se2Ti+2. The first-order valence-electron chi connectivity index (χ1n) is 6.12. The second kappa shape index (κ2) is 17.3. The van der Waals surface area contributed by atoms with Crippen molar-refractivity contribution in [1.29, 1.82) is 0 Å². The molecule has 2 aliphatic carbocycles. The van der Waals surface area contributed by atoms with Crippen LogP contribution in [0, 0.1) is 64.2 Å². The minimum Gasteiger partial charge on any atom is -0.0312 e. The fraction of sp³-hybridized carbons (Fsp3) is 0.125. The zero-order valence-corrected chi connectivity index (χ0v) is 17.7. The van der Waals surface area contributed by atoms with Gasteiger partial charge < -0.3 is 0 Å². The normalized spacial score (nSPS) is 16.4. The van der Waals surface area contributed by atoms with Crippen LogP contribution in [0.4, 0.5) is 0 Å². The fourth-order valence-electron chi connectivity index (χ4n) is 1.01. The van der Waals surface area contributed by atoms with Crippen LogP contribution in [0.1, 0.15) is 0 Å². The van der Waals surface area contributed by atoms with Crippen molar-refractivity contribution in [3.63, 3.8) is 0 Å². The van der Waals surface area contributed by atoms with Crippen LogP contribution >= 0.6 is 0 Å². The van der Waals surface area contributed by atoms with Gasteiger partial charge in [-0.2, -0.15) is 0 Å².